The first-order valence-electron chi connectivity index (χ1n) is 6.85. The van der Waals surface area contributed by atoms with Crippen molar-refractivity contribution in [3.63, 3.8) is 0 Å². The van der Waals surface area contributed by atoms with Gasteiger partial charge in [0.05, 0.1) is 16.3 Å². The van der Waals surface area contributed by atoms with Crippen LogP contribution in [0.3, 0.4) is 0 Å². The Labute approximate surface area is 126 Å². The minimum atomic E-state index is -3.61. The standard InChI is InChI=1S/C16H20N2O2S/c1-12(2)11-13-7-9-14(10-8-13)21(19,20)18-16-6-4-3-5-15(16)17/h3-10,12,18H,11,17H2,1-2H3. The Hall–Kier alpha value is -2.01. The molecule has 2 aromatic rings. The summed E-state index contributed by atoms with van der Waals surface area (Å²) in [5.74, 6) is 0.537. The Bertz CT molecular complexity index is 707. The Morgan fingerprint density at radius 3 is 2.24 bits per heavy atom. The van der Waals surface area contributed by atoms with Gasteiger partial charge in [0, 0.05) is 0 Å². The quantitative estimate of drug-likeness (QED) is 0.833. The number of nitrogens with two attached hydrogens (primary N) is 1. The predicted octanol–water partition coefficient (Wildman–Crippen LogP) is 3.27. The topological polar surface area (TPSA) is 72.2 Å². The number of nitrogens with one attached hydrogen (secondary N) is 1. The van der Waals surface area contributed by atoms with E-state index in [0.717, 1.165) is 12.0 Å². The maximum atomic E-state index is 12.3. The summed E-state index contributed by atoms with van der Waals surface area (Å²) in [4.78, 5) is 0.234. The second-order valence-corrected chi connectivity index (χ2v) is 7.12. The first kappa shape index (κ1) is 15.4. The molecule has 0 heterocycles. The summed E-state index contributed by atoms with van der Waals surface area (Å²) in [6, 6.07) is 13.7. The van der Waals surface area contributed by atoms with Crippen molar-refractivity contribution >= 4 is 21.4 Å². The first-order valence-corrected chi connectivity index (χ1v) is 8.33. The van der Waals surface area contributed by atoms with Gasteiger partial charge < -0.3 is 5.73 Å². The monoisotopic (exact) mass is 304 g/mol. The Balaban J connectivity index is 2.22. The van der Waals surface area contributed by atoms with E-state index in [9.17, 15) is 8.42 Å². The third kappa shape index (κ3) is 3.98. The molecule has 0 unspecified atom stereocenters. The van der Waals surface area contributed by atoms with E-state index in [0.29, 0.717) is 17.3 Å². The van der Waals surface area contributed by atoms with Gasteiger partial charge in [-0.25, -0.2) is 8.42 Å². The minimum Gasteiger partial charge on any atom is -0.397 e. The van der Waals surface area contributed by atoms with Crippen LogP contribution in [0.2, 0.25) is 0 Å². The highest BCUT2D eigenvalue weighted by molar-refractivity contribution is 7.92. The normalized spacial score (nSPS) is 11.6. The maximum Gasteiger partial charge on any atom is 0.261 e. The molecule has 0 atom stereocenters. The van der Waals surface area contributed by atoms with Crippen molar-refractivity contribution in [1.29, 1.82) is 0 Å². The molecule has 21 heavy (non-hydrogen) atoms. The van der Waals surface area contributed by atoms with Crippen molar-refractivity contribution in [1.82, 2.24) is 0 Å². The fourth-order valence-corrected chi connectivity index (χ4v) is 3.16. The van der Waals surface area contributed by atoms with Crippen LogP contribution in [0, 0.1) is 5.92 Å². The summed E-state index contributed by atoms with van der Waals surface area (Å²) in [5.41, 5.74) is 7.68. The number of benzene rings is 2. The van der Waals surface area contributed by atoms with Crippen LogP contribution in [0.5, 0.6) is 0 Å². The van der Waals surface area contributed by atoms with Crippen LogP contribution < -0.4 is 10.5 Å². The van der Waals surface area contributed by atoms with Crippen molar-refractivity contribution in [3.05, 3.63) is 54.1 Å². The summed E-state index contributed by atoms with van der Waals surface area (Å²) in [5, 5.41) is 0. The van der Waals surface area contributed by atoms with E-state index in [1.807, 2.05) is 12.1 Å². The molecule has 0 fully saturated rings. The smallest absolute Gasteiger partial charge is 0.261 e. The zero-order valence-corrected chi connectivity index (χ0v) is 13.0. The van der Waals surface area contributed by atoms with Crippen LogP contribution in [-0.2, 0) is 16.4 Å². The highest BCUT2D eigenvalue weighted by atomic mass is 32.2. The highest BCUT2D eigenvalue weighted by Gasteiger charge is 2.15. The average molecular weight is 304 g/mol. The van der Waals surface area contributed by atoms with E-state index in [1.54, 1.807) is 36.4 Å². The molecule has 0 aromatic heterocycles. The fourth-order valence-electron chi connectivity index (χ4n) is 2.07. The second-order valence-electron chi connectivity index (χ2n) is 5.43. The number of hydrogen-bond donors (Lipinski definition) is 2. The summed E-state index contributed by atoms with van der Waals surface area (Å²) in [7, 11) is -3.61. The number of sulfonamides is 1. The van der Waals surface area contributed by atoms with Crippen molar-refractivity contribution in [2.45, 2.75) is 25.2 Å². The molecule has 2 aromatic carbocycles. The highest BCUT2D eigenvalue weighted by Crippen LogP contribution is 2.22. The molecule has 0 bridgehead atoms. The molecule has 0 radical (unpaired) electrons. The van der Waals surface area contributed by atoms with Gasteiger partial charge in [0.2, 0.25) is 0 Å². The van der Waals surface area contributed by atoms with Gasteiger partial charge in [0.15, 0.2) is 0 Å². The van der Waals surface area contributed by atoms with Crippen molar-refractivity contribution < 1.29 is 8.42 Å². The van der Waals surface area contributed by atoms with Gasteiger partial charge >= 0.3 is 0 Å². The van der Waals surface area contributed by atoms with E-state index in [4.69, 9.17) is 5.73 Å². The molecular formula is C16H20N2O2S. The van der Waals surface area contributed by atoms with Gasteiger partial charge in [-0.15, -0.1) is 0 Å². The summed E-state index contributed by atoms with van der Waals surface area (Å²) < 4.78 is 27.2. The Morgan fingerprint density at radius 1 is 1.05 bits per heavy atom. The fraction of sp³-hybridized carbons (Fsp3) is 0.250. The number of anilines is 2. The Morgan fingerprint density at radius 2 is 1.67 bits per heavy atom. The van der Waals surface area contributed by atoms with Crippen molar-refractivity contribution in [2.75, 3.05) is 10.5 Å². The van der Waals surface area contributed by atoms with Crippen LogP contribution >= 0.6 is 0 Å². The maximum absolute atomic E-state index is 12.3. The van der Waals surface area contributed by atoms with Crippen molar-refractivity contribution in [2.24, 2.45) is 5.92 Å². The average Bonchev–Trinajstić information content (AvgIpc) is 2.41. The van der Waals surface area contributed by atoms with Crippen LogP contribution in [0.15, 0.2) is 53.4 Å². The zero-order chi connectivity index (χ0) is 15.5. The van der Waals surface area contributed by atoms with E-state index in [2.05, 4.69) is 18.6 Å². The van der Waals surface area contributed by atoms with Gasteiger partial charge in [-0.1, -0.05) is 38.1 Å². The van der Waals surface area contributed by atoms with Crippen LogP contribution in [-0.4, -0.2) is 8.42 Å². The molecule has 0 aliphatic rings. The predicted molar refractivity (Wildman–Crippen MR) is 86.6 cm³/mol. The first-order chi connectivity index (χ1) is 9.88. The van der Waals surface area contributed by atoms with Gasteiger partial charge in [0.1, 0.15) is 0 Å². The van der Waals surface area contributed by atoms with Gasteiger partial charge in [-0.3, -0.25) is 4.72 Å². The molecular weight excluding hydrogens is 284 g/mol. The molecule has 5 heteroatoms. The SMILES string of the molecule is CC(C)Cc1ccc(S(=O)(=O)Nc2ccccc2N)cc1. The van der Waals surface area contributed by atoms with Crippen LogP contribution in [0.4, 0.5) is 11.4 Å². The van der Waals surface area contributed by atoms with E-state index < -0.39 is 10.0 Å². The molecule has 0 saturated heterocycles. The van der Waals surface area contributed by atoms with Gasteiger partial charge in [0.25, 0.3) is 10.0 Å². The summed E-state index contributed by atoms with van der Waals surface area (Å²) in [6.07, 6.45) is 0.930. The number of hydrogen-bond acceptors (Lipinski definition) is 3. The van der Waals surface area contributed by atoms with Crippen LogP contribution in [0.25, 0.3) is 0 Å². The molecule has 0 spiro atoms. The lowest BCUT2D eigenvalue weighted by Crippen LogP contribution is -2.14. The van der Waals surface area contributed by atoms with E-state index in [1.165, 1.54) is 0 Å². The summed E-state index contributed by atoms with van der Waals surface area (Å²) in [6.45, 7) is 4.26. The number of nitrogen functional groups attached to an aromatic ring is 1. The minimum absolute atomic E-state index is 0.234. The Kier molecular flexibility index (Phi) is 4.53. The number of rotatable bonds is 5. The van der Waals surface area contributed by atoms with Gasteiger partial charge in [-0.05, 0) is 42.2 Å². The molecule has 0 saturated carbocycles. The molecule has 2 rings (SSSR count). The molecule has 112 valence electrons. The van der Waals surface area contributed by atoms with Crippen LogP contribution in [0.1, 0.15) is 19.4 Å². The zero-order valence-electron chi connectivity index (χ0n) is 12.2. The largest absolute Gasteiger partial charge is 0.397 e. The molecule has 0 aliphatic heterocycles. The third-order valence-electron chi connectivity index (χ3n) is 3.08. The third-order valence-corrected chi connectivity index (χ3v) is 4.46. The molecule has 3 N–H and O–H groups in total. The number of para-hydroxylation sites is 2. The second kappa shape index (κ2) is 6.18. The van der Waals surface area contributed by atoms with E-state index >= 15 is 0 Å². The lowest BCUT2D eigenvalue weighted by atomic mass is 10.0. The summed E-state index contributed by atoms with van der Waals surface area (Å²) >= 11 is 0. The molecule has 0 amide bonds. The lowest BCUT2D eigenvalue weighted by Gasteiger charge is -2.11. The van der Waals surface area contributed by atoms with E-state index in [-0.39, 0.29) is 4.90 Å². The van der Waals surface area contributed by atoms with Crippen molar-refractivity contribution in [3.8, 4) is 0 Å². The van der Waals surface area contributed by atoms with Gasteiger partial charge in [-0.2, -0.15) is 0 Å². The molecule has 4 nitrogen and oxygen atoms in total. The lowest BCUT2D eigenvalue weighted by molar-refractivity contribution is 0.601. The molecule has 0 aliphatic carbocycles.